The van der Waals surface area contributed by atoms with E-state index in [1.165, 1.54) is 67.4 Å². The number of pyridine rings is 1. The molecule has 0 radical (unpaired) electrons. The second-order valence-corrected chi connectivity index (χ2v) is 16.4. The van der Waals surface area contributed by atoms with Gasteiger partial charge in [0.05, 0.1) is 30.1 Å². The number of nitrogens with one attached hydrogen (secondary N) is 2. The summed E-state index contributed by atoms with van der Waals surface area (Å²) in [6.45, 7) is 8.36. The molecule has 2 amide bonds. The van der Waals surface area contributed by atoms with Crippen molar-refractivity contribution in [2.24, 2.45) is 17.3 Å². The topological polar surface area (TPSA) is 125 Å². The van der Waals surface area contributed by atoms with Crippen molar-refractivity contribution >= 4 is 40.2 Å². The van der Waals surface area contributed by atoms with Crippen LogP contribution in [0.3, 0.4) is 0 Å². The molecule has 55 heavy (non-hydrogen) atoms. The summed E-state index contributed by atoms with van der Waals surface area (Å²) in [7, 11) is 3.56. The highest BCUT2D eigenvalue weighted by Gasteiger charge is 2.46. The van der Waals surface area contributed by atoms with Gasteiger partial charge in [-0.15, -0.1) is 0 Å². The first-order chi connectivity index (χ1) is 26.5. The van der Waals surface area contributed by atoms with Crippen LogP contribution in [0.25, 0.3) is 16.7 Å². The van der Waals surface area contributed by atoms with E-state index in [2.05, 4.69) is 37.2 Å². The van der Waals surface area contributed by atoms with Crippen LogP contribution in [0.1, 0.15) is 67.8 Å². The maximum atomic E-state index is 14.9. The lowest BCUT2D eigenvalue weighted by atomic mass is 9.68. The number of methoxy groups -OCH3 is 1. The van der Waals surface area contributed by atoms with Gasteiger partial charge in [0.1, 0.15) is 11.6 Å². The quantitative estimate of drug-likeness (QED) is 0.211. The predicted octanol–water partition coefficient (Wildman–Crippen LogP) is 5.67. The van der Waals surface area contributed by atoms with E-state index in [4.69, 9.17) is 9.72 Å². The van der Waals surface area contributed by atoms with Crippen molar-refractivity contribution in [1.29, 1.82) is 0 Å². The van der Waals surface area contributed by atoms with Gasteiger partial charge < -0.3 is 30.1 Å². The number of aromatic nitrogens is 3. The molecule has 2 aliphatic carbocycles. The zero-order chi connectivity index (χ0) is 38.4. The number of hydrogen-bond acceptors (Lipinski definition) is 9. The maximum Gasteiger partial charge on any atom is 0.257 e. The van der Waals surface area contributed by atoms with E-state index < -0.39 is 11.7 Å². The first-order valence-corrected chi connectivity index (χ1v) is 19.7. The average Bonchev–Trinajstić information content (AvgIpc) is 3.47. The molecule has 4 aliphatic rings. The molecule has 2 aromatic carbocycles. The Morgan fingerprint density at radius 3 is 2.56 bits per heavy atom. The van der Waals surface area contributed by atoms with Gasteiger partial charge >= 0.3 is 0 Å². The number of hydrogen-bond donors (Lipinski definition) is 2. The van der Waals surface area contributed by atoms with Crippen LogP contribution in [0.15, 0.2) is 53.5 Å². The summed E-state index contributed by atoms with van der Waals surface area (Å²) < 4.78 is 22.1. The van der Waals surface area contributed by atoms with Crippen LogP contribution >= 0.6 is 0 Å². The summed E-state index contributed by atoms with van der Waals surface area (Å²) in [5, 5.41) is 6.76. The summed E-state index contributed by atoms with van der Waals surface area (Å²) in [5.74, 6) is 1.51. The minimum Gasteiger partial charge on any atom is -0.494 e. The van der Waals surface area contributed by atoms with Gasteiger partial charge in [0.2, 0.25) is 11.9 Å². The van der Waals surface area contributed by atoms with E-state index in [1.807, 2.05) is 32.2 Å². The number of amides is 2. The minimum atomic E-state index is -0.674. The molecule has 2 saturated heterocycles. The van der Waals surface area contributed by atoms with Gasteiger partial charge in [0.15, 0.2) is 5.65 Å². The fourth-order valence-corrected chi connectivity index (χ4v) is 9.61. The van der Waals surface area contributed by atoms with Crippen LogP contribution in [0.5, 0.6) is 5.75 Å². The Balaban J connectivity index is 0.977. The number of carbonyl (C=O) groups excluding carboxylic acids is 2. The molecule has 2 bridgehead atoms. The van der Waals surface area contributed by atoms with Gasteiger partial charge in [-0.3, -0.25) is 19.0 Å². The van der Waals surface area contributed by atoms with Crippen molar-refractivity contribution < 1.29 is 18.7 Å². The average molecular weight is 751 g/mol. The van der Waals surface area contributed by atoms with Crippen LogP contribution in [-0.2, 0) is 4.79 Å². The van der Waals surface area contributed by atoms with Crippen molar-refractivity contribution in [3.05, 3.63) is 76.0 Å². The predicted molar refractivity (Wildman–Crippen MR) is 211 cm³/mol. The first kappa shape index (κ1) is 36.9. The number of nitrogens with zero attached hydrogens (tertiary/aromatic N) is 6. The fourth-order valence-electron chi connectivity index (χ4n) is 9.61. The van der Waals surface area contributed by atoms with Crippen molar-refractivity contribution in [1.82, 2.24) is 29.7 Å². The molecule has 2 saturated carbocycles. The molecular formula is C42H51FN8O4. The molecule has 4 fully saturated rings. The van der Waals surface area contributed by atoms with E-state index >= 15 is 0 Å². The number of anilines is 3. The van der Waals surface area contributed by atoms with E-state index in [0.29, 0.717) is 72.2 Å². The van der Waals surface area contributed by atoms with Gasteiger partial charge in [-0.2, -0.15) is 4.98 Å². The number of piperazine rings is 1. The minimum absolute atomic E-state index is 0.0590. The van der Waals surface area contributed by atoms with Crippen molar-refractivity contribution in [2.45, 2.75) is 64.8 Å². The van der Waals surface area contributed by atoms with Crippen LogP contribution in [0, 0.1) is 30.0 Å². The largest absolute Gasteiger partial charge is 0.494 e. The molecule has 3 atom stereocenters. The zero-order valence-corrected chi connectivity index (χ0v) is 32.2. The Morgan fingerprint density at radius 2 is 1.82 bits per heavy atom. The number of rotatable bonds is 10. The number of likely N-dealkylation sites (N-methyl/N-ethyl adjacent to an activating group) is 1. The molecule has 3 unspecified atom stereocenters. The number of benzene rings is 2. The highest BCUT2D eigenvalue weighted by atomic mass is 19.1. The SMILES string of the molecule is CCC1CC2CCC(CC(=O)N3CCN(c4ccc(Nc5ncc6c(C)cc(=O)n(-c7ccc(F)c(C(=O)NC8CN(C)C8)c7)c6n5)c(OC)c4)CC3)(C1)C2. The number of ether oxygens (including phenoxy) is 1. The smallest absolute Gasteiger partial charge is 0.257 e. The van der Waals surface area contributed by atoms with Gasteiger partial charge in [-0.05, 0) is 99.2 Å². The molecule has 4 heterocycles. The van der Waals surface area contributed by atoms with E-state index in [-0.39, 0.29) is 28.5 Å². The Labute approximate surface area is 321 Å². The highest BCUT2D eigenvalue weighted by Crippen LogP contribution is 2.56. The van der Waals surface area contributed by atoms with E-state index in [9.17, 15) is 18.8 Å². The third kappa shape index (κ3) is 7.38. The Kier molecular flexibility index (Phi) is 9.99. The molecule has 0 spiro atoms. The van der Waals surface area contributed by atoms with Crippen molar-refractivity contribution in [3.63, 3.8) is 0 Å². The van der Waals surface area contributed by atoms with Gasteiger partial charge in [0.25, 0.3) is 11.5 Å². The third-order valence-electron chi connectivity index (χ3n) is 12.5. The molecule has 2 aliphatic heterocycles. The van der Waals surface area contributed by atoms with Crippen LogP contribution in [0.2, 0.25) is 0 Å². The van der Waals surface area contributed by atoms with Crippen molar-refractivity contribution in [2.75, 3.05) is 63.6 Å². The third-order valence-corrected chi connectivity index (χ3v) is 12.5. The Hall–Kier alpha value is -5.04. The van der Waals surface area contributed by atoms with Crippen LogP contribution < -0.4 is 25.8 Å². The Morgan fingerprint density at radius 1 is 1.04 bits per heavy atom. The summed E-state index contributed by atoms with van der Waals surface area (Å²) in [6, 6.07) is 11.4. The highest BCUT2D eigenvalue weighted by molar-refractivity contribution is 5.95. The lowest BCUT2D eigenvalue weighted by Crippen LogP contribution is -2.57. The second kappa shape index (κ2) is 14.9. The molecule has 8 rings (SSSR count). The standard InChI is InChI=1S/C42H51FN8O4/c1-5-27-17-28-10-11-42(20-27,21-28)22-38(53)50-14-12-49(13-15-50)30-7-9-35(36(19-30)55-4)46-41-44-23-33-26(2)16-37(52)51(39(33)47-41)31-6-8-34(43)32(18-31)40(54)45-29-24-48(3)25-29/h6-9,16,18-19,23,27-29H,5,10-15,17,20-22,24-25H2,1-4H3,(H,45,54)(H,44,46,47). The van der Waals surface area contributed by atoms with Gasteiger partial charge in [0, 0.05) is 75.1 Å². The van der Waals surface area contributed by atoms with Gasteiger partial charge in [-0.25, -0.2) is 9.37 Å². The summed E-state index contributed by atoms with van der Waals surface area (Å²) in [6.07, 6.45) is 9.84. The lowest BCUT2D eigenvalue weighted by molar-refractivity contribution is -0.134. The summed E-state index contributed by atoms with van der Waals surface area (Å²) in [4.78, 5) is 55.8. The second-order valence-electron chi connectivity index (χ2n) is 16.4. The lowest BCUT2D eigenvalue weighted by Gasteiger charge is -2.41. The van der Waals surface area contributed by atoms with Gasteiger partial charge in [-0.1, -0.05) is 13.3 Å². The molecule has 2 N–H and O–H groups in total. The summed E-state index contributed by atoms with van der Waals surface area (Å²) in [5.41, 5.74) is 2.64. The molecular weight excluding hydrogens is 700 g/mol. The summed E-state index contributed by atoms with van der Waals surface area (Å²) >= 11 is 0. The monoisotopic (exact) mass is 750 g/mol. The molecule has 290 valence electrons. The number of fused-ring (bicyclic) bond motifs is 3. The van der Waals surface area contributed by atoms with Crippen molar-refractivity contribution in [3.8, 4) is 11.4 Å². The number of halogens is 1. The molecule has 4 aromatic rings. The van der Waals surface area contributed by atoms with Crippen LogP contribution in [-0.4, -0.2) is 95.6 Å². The van der Waals surface area contributed by atoms with E-state index in [0.717, 1.165) is 30.6 Å². The molecule has 13 heteroatoms. The fraction of sp³-hybridized carbons (Fsp3) is 0.500. The number of carbonyl (C=O) groups is 2. The van der Waals surface area contributed by atoms with Crippen LogP contribution in [0.4, 0.5) is 21.7 Å². The van der Waals surface area contributed by atoms with E-state index in [1.54, 1.807) is 13.3 Å². The number of likely N-dealkylation sites (tertiary alicyclic amines) is 1. The normalized spacial score (nSPS) is 22.8. The Bertz CT molecular complexity index is 2180. The molecule has 12 nitrogen and oxygen atoms in total. The zero-order valence-electron chi connectivity index (χ0n) is 32.2. The number of aryl methyl sites for hydroxylation is 1. The maximum absolute atomic E-state index is 14.9. The first-order valence-electron chi connectivity index (χ1n) is 19.7. The molecule has 2 aromatic heterocycles.